The number of aliphatic hydroxyl groups is 2. The Bertz CT molecular complexity index is 478. The van der Waals surface area contributed by atoms with E-state index in [4.69, 9.17) is 17.2 Å². The van der Waals surface area contributed by atoms with Crippen molar-refractivity contribution in [3.63, 3.8) is 0 Å². The summed E-state index contributed by atoms with van der Waals surface area (Å²) in [5.74, 6) is -1.62. The molecule has 0 fully saturated rings. The van der Waals surface area contributed by atoms with Crippen LogP contribution in [0.3, 0.4) is 0 Å². The predicted octanol–water partition coefficient (Wildman–Crippen LogP) is -3.70. The molecular formula is C14H28N6O5. The smallest absolute Gasteiger partial charge is 0.245 e. The van der Waals surface area contributed by atoms with Crippen molar-refractivity contribution in [2.45, 2.75) is 57.0 Å². The zero-order valence-electron chi connectivity index (χ0n) is 14.4. The van der Waals surface area contributed by atoms with Crippen molar-refractivity contribution in [3.8, 4) is 0 Å². The van der Waals surface area contributed by atoms with Gasteiger partial charge in [-0.2, -0.15) is 0 Å². The summed E-state index contributed by atoms with van der Waals surface area (Å²) in [5.41, 5.74) is 15.8. The number of hydrogen-bond acceptors (Lipinski definition) is 7. The van der Waals surface area contributed by atoms with Gasteiger partial charge in [0.2, 0.25) is 11.8 Å². The maximum absolute atomic E-state index is 12.2. The van der Waals surface area contributed by atoms with E-state index in [1.54, 1.807) is 0 Å². The molecule has 0 rings (SSSR count). The Labute approximate surface area is 146 Å². The Hall–Kier alpha value is -2.24. The van der Waals surface area contributed by atoms with E-state index in [1.165, 1.54) is 13.8 Å². The van der Waals surface area contributed by atoms with E-state index in [9.17, 15) is 24.6 Å². The van der Waals surface area contributed by atoms with E-state index in [0.717, 1.165) is 0 Å². The molecule has 5 atom stereocenters. The first-order valence-corrected chi connectivity index (χ1v) is 7.83. The van der Waals surface area contributed by atoms with E-state index >= 15 is 0 Å². The van der Waals surface area contributed by atoms with Gasteiger partial charge < -0.3 is 42.8 Å². The summed E-state index contributed by atoms with van der Waals surface area (Å²) in [6.45, 7) is 2.91. The zero-order valence-corrected chi connectivity index (χ0v) is 14.4. The van der Waals surface area contributed by atoms with Gasteiger partial charge in [0, 0.05) is 6.54 Å². The fourth-order valence-corrected chi connectivity index (χ4v) is 1.84. The van der Waals surface area contributed by atoms with Gasteiger partial charge in [-0.05, 0) is 26.7 Å². The molecule has 144 valence electrons. The first-order chi connectivity index (χ1) is 11.6. The van der Waals surface area contributed by atoms with Gasteiger partial charge in [-0.3, -0.25) is 14.6 Å². The minimum Gasteiger partial charge on any atom is -0.391 e. The average Bonchev–Trinajstić information content (AvgIpc) is 2.53. The monoisotopic (exact) mass is 360 g/mol. The third-order valence-electron chi connectivity index (χ3n) is 3.34. The molecular weight excluding hydrogens is 332 g/mol. The molecule has 0 radical (unpaired) electrons. The van der Waals surface area contributed by atoms with Crippen molar-refractivity contribution in [3.05, 3.63) is 0 Å². The molecule has 0 heterocycles. The van der Waals surface area contributed by atoms with Crippen LogP contribution in [0.25, 0.3) is 0 Å². The molecule has 0 aromatic rings. The highest BCUT2D eigenvalue weighted by Crippen LogP contribution is 2.00. The largest absolute Gasteiger partial charge is 0.391 e. The van der Waals surface area contributed by atoms with Crippen LogP contribution in [0.5, 0.6) is 0 Å². The molecule has 0 aliphatic rings. The molecule has 0 bridgehead atoms. The van der Waals surface area contributed by atoms with Crippen molar-refractivity contribution >= 4 is 24.1 Å². The Morgan fingerprint density at radius 1 is 1.12 bits per heavy atom. The number of hydrogen-bond donors (Lipinski definition) is 7. The van der Waals surface area contributed by atoms with E-state index in [-0.39, 0.29) is 12.4 Å². The summed E-state index contributed by atoms with van der Waals surface area (Å²) < 4.78 is 0. The number of carbonyl (C=O) groups is 3. The van der Waals surface area contributed by atoms with E-state index in [0.29, 0.717) is 19.3 Å². The van der Waals surface area contributed by atoms with Crippen molar-refractivity contribution in [1.29, 1.82) is 0 Å². The fourth-order valence-electron chi connectivity index (χ4n) is 1.84. The number of guanidine groups is 1. The first-order valence-electron chi connectivity index (χ1n) is 7.83. The van der Waals surface area contributed by atoms with Crippen LogP contribution >= 0.6 is 0 Å². The second-order valence-electron chi connectivity index (χ2n) is 5.69. The van der Waals surface area contributed by atoms with Crippen LogP contribution in [0.4, 0.5) is 0 Å². The van der Waals surface area contributed by atoms with E-state index in [2.05, 4.69) is 15.6 Å². The van der Waals surface area contributed by atoms with Crippen molar-refractivity contribution in [1.82, 2.24) is 10.6 Å². The molecule has 0 spiro atoms. The summed E-state index contributed by atoms with van der Waals surface area (Å²) in [7, 11) is 0. The van der Waals surface area contributed by atoms with Crippen molar-refractivity contribution in [2.24, 2.45) is 22.2 Å². The Kier molecular flexibility index (Phi) is 10.3. The Balaban J connectivity index is 4.72. The van der Waals surface area contributed by atoms with Gasteiger partial charge in [0.25, 0.3) is 0 Å². The molecule has 25 heavy (non-hydrogen) atoms. The number of aliphatic hydroxyl groups excluding tert-OH is 2. The molecule has 0 aliphatic carbocycles. The lowest BCUT2D eigenvalue weighted by Crippen LogP contribution is -2.58. The lowest BCUT2D eigenvalue weighted by Gasteiger charge is -2.24. The van der Waals surface area contributed by atoms with Crippen LogP contribution in [-0.2, 0) is 14.4 Å². The maximum Gasteiger partial charge on any atom is 0.245 e. The number of nitrogens with zero attached hydrogens (tertiary/aromatic N) is 1. The molecule has 11 nitrogen and oxygen atoms in total. The van der Waals surface area contributed by atoms with Crippen LogP contribution in [-0.4, -0.2) is 71.2 Å². The molecule has 2 amide bonds. The van der Waals surface area contributed by atoms with Crippen LogP contribution in [0, 0.1) is 0 Å². The van der Waals surface area contributed by atoms with Crippen molar-refractivity contribution < 1.29 is 24.6 Å². The van der Waals surface area contributed by atoms with Gasteiger partial charge in [-0.25, -0.2) is 0 Å². The normalized spacial score (nSPS) is 16.7. The van der Waals surface area contributed by atoms with Gasteiger partial charge in [0.15, 0.2) is 5.96 Å². The first kappa shape index (κ1) is 22.8. The molecule has 0 aromatic heterocycles. The highest BCUT2D eigenvalue weighted by atomic mass is 16.3. The molecule has 0 saturated carbocycles. The third kappa shape index (κ3) is 8.98. The summed E-state index contributed by atoms with van der Waals surface area (Å²) >= 11 is 0. The molecule has 0 saturated heterocycles. The highest BCUT2D eigenvalue weighted by molar-refractivity contribution is 5.91. The number of nitrogens with two attached hydrogens (primary N) is 3. The number of aldehydes is 1. The van der Waals surface area contributed by atoms with Crippen LogP contribution in [0.15, 0.2) is 4.99 Å². The van der Waals surface area contributed by atoms with E-state index < -0.39 is 42.1 Å². The zero-order chi connectivity index (χ0) is 19.6. The molecule has 0 aromatic carbocycles. The van der Waals surface area contributed by atoms with Gasteiger partial charge >= 0.3 is 0 Å². The van der Waals surface area contributed by atoms with E-state index in [1.807, 2.05) is 0 Å². The molecule has 5 unspecified atom stereocenters. The minimum atomic E-state index is -1.32. The van der Waals surface area contributed by atoms with Crippen molar-refractivity contribution in [2.75, 3.05) is 6.54 Å². The number of rotatable bonds is 11. The van der Waals surface area contributed by atoms with Gasteiger partial charge in [-0.1, -0.05) is 0 Å². The summed E-state index contributed by atoms with van der Waals surface area (Å²) in [5, 5.41) is 23.7. The maximum atomic E-state index is 12.2. The summed E-state index contributed by atoms with van der Waals surface area (Å²) in [6, 6.07) is -3.40. The lowest BCUT2D eigenvalue weighted by atomic mass is 10.1. The van der Waals surface area contributed by atoms with Gasteiger partial charge in [0.05, 0.1) is 18.2 Å². The van der Waals surface area contributed by atoms with Crippen LogP contribution < -0.4 is 27.8 Å². The lowest BCUT2D eigenvalue weighted by molar-refractivity contribution is -0.134. The number of aliphatic imine (C=N–C) groups is 1. The standard InChI is InChI=1S/C14H28N6O5/c1-7(22)10(15)12(24)20-11(8(2)23)13(25)19-9(6-21)4-3-5-18-14(16)17/h6-11,22-23H,3-5,15H2,1-2H3,(H,19,25)(H,20,24)(H4,16,17,18). The third-order valence-corrected chi connectivity index (χ3v) is 3.34. The molecule has 10 N–H and O–H groups in total. The highest BCUT2D eigenvalue weighted by Gasteiger charge is 2.30. The Morgan fingerprint density at radius 3 is 2.16 bits per heavy atom. The average molecular weight is 360 g/mol. The number of amides is 2. The minimum absolute atomic E-state index is 0.0713. The second-order valence-corrected chi connectivity index (χ2v) is 5.69. The summed E-state index contributed by atoms with van der Waals surface area (Å²) in [6.07, 6.45) is -1.11. The quantitative estimate of drug-likeness (QED) is 0.0842. The SMILES string of the molecule is CC(O)C(N)C(=O)NC(C(=O)NC(C=O)CCCN=C(N)N)C(C)O. The predicted molar refractivity (Wildman–Crippen MR) is 91.2 cm³/mol. The fraction of sp³-hybridized carbons (Fsp3) is 0.714. The number of carbonyl (C=O) groups excluding carboxylic acids is 3. The molecule has 11 heteroatoms. The topological polar surface area (TPSA) is 206 Å². The van der Waals surface area contributed by atoms with Crippen LogP contribution in [0.1, 0.15) is 26.7 Å². The van der Waals surface area contributed by atoms with Gasteiger partial charge in [0.1, 0.15) is 18.4 Å². The van der Waals surface area contributed by atoms with Crippen LogP contribution in [0.2, 0.25) is 0 Å². The molecule has 0 aliphatic heterocycles. The number of nitrogens with one attached hydrogen (secondary N) is 2. The summed E-state index contributed by atoms with van der Waals surface area (Å²) in [4.78, 5) is 38.9. The Morgan fingerprint density at radius 2 is 1.72 bits per heavy atom. The van der Waals surface area contributed by atoms with Gasteiger partial charge in [-0.15, -0.1) is 0 Å². The second kappa shape index (κ2) is 11.3.